The van der Waals surface area contributed by atoms with Crippen LogP contribution in [0, 0.1) is 11.8 Å². The Morgan fingerprint density at radius 2 is 2.41 bits per heavy atom. The molecule has 17 heavy (non-hydrogen) atoms. The molecule has 3 N–H and O–H groups in total. The Kier molecular flexibility index (Phi) is 4.63. The largest absolute Gasteiger partial charge is 0.469 e. The van der Waals surface area contributed by atoms with Gasteiger partial charge in [0.1, 0.15) is 5.76 Å². The zero-order valence-corrected chi connectivity index (χ0v) is 10.7. The number of hydrogen-bond donors (Lipinski definition) is 2. The van der Waals surface area contributed by atoms with Gasteiger partial charge in [-0.3, -0.25) is 11.3 Å². The lowest BCUT2D eigenvalue weighted by molar-refractivity contribution is 0.214. The molecule has 3 unspecified atom stereocenters. The summed E-state index contributed by atoms with van der Waals surface area (Å²) in [5.74, 6) is 8.36. The molecule has 0 amide bonds. The van der Waals surface area contributed by atoms with Gasteiger partial charge in [-0.15, -0.1) is 0 Å². The molecule has 0 saturated heterocycles. The SMILES string of the molecule is CC1CCCC(C(CCc2ccco2)NN)C1. The molecular formula is C14H24N2O. The van der Waals surface area contributed by atoms with Crippen LogP contribution >= 0.6 is 0 Å². The summed E-state index contributed by atoms with van der Waals surface area (Å²) in [5.41, 5.74) is 3.01. The normalized spacial score (nSPS) is 26.9. The molecule has 1 heterocycles. The van der Waals surface area contributed by atoms with Crippen molar-refractivity contribution in [2.45, 2.75) is 51.5 Å². The molecule has 3 nitrogen and oxygen atoms in total. The van der Waals surface area contributed by atoms with Crippen LogP contribution in [0.5, 0.6) is 0 Å². The summed E-state index contributed by atoms with van der Waals surface area (Å²) in [4.78, 5) is 0. The van der Waals surface area contributed by atoms with Crippen LogP contribution in [0.15, 0.2) is 22.8 Å². The molecule has 3 heteroatoms. The maximum Gasteiger partial charge on any atom is 0.103 e. The maximum atomic E-state index is 5.71. The zero-order valence-electron chi connectivity index (χ0n) is 10.7. The van der Waals surface area contributed by atoms with Crippen molar-refractivity contribution in [3.05, 3.63) is 24.2 Å². The van der Waals surface area contributed by atoms with Crippen molar-refractivity contribution in [3.63, 3.8) is 0 Å². The number of hydrogen-bond acceptors (Lipinski definition) is 3. The van der Waals surface area contributed by atoms with Crippen molar-refractivity contribution in [1.29, 1.82) is 0 Å². The second kappa shape index (κ2) is 6.22. The summed E-state index contributed by atoms with van der Waals surface area (Å²) in [6, 6.07) is 4.42. The summed E-state index contributed by atoms with van der Waals surface area (Å²) in [7, 11) is 0. The first-order valence-electron chi connectivity index (χ1n) is 6.78. The molecule has 2 rings (SSSR count). The summed E-state index contributed by atoms with van der Waals surface area (Å²) in [6.45, 7) is 2.35. The average molecular weight is 236 g/mol. The summed E-state index contributed by atoms with van der Waals surface area (Å²) in [5, 5.41) is 0. The summed E-state index contributed by atoms with van der Waals surface area (Å²) >= 11 is 0. The Morgan fingerprint density at radius 1 is 1.53 bits per heavy atom. The number of rotatable bonds is 5. The maximum absolute atomic E-state index is 5.71. The van der Waals surface area contributed by atoms with Crippen molar-refractivity contribution in [2.75, 3.05) is 0 Å². The summed E-state index contributed by atoms with van der Waals surface area (Å²) < 4.78 is 5.37. The smallest absolute Gasteiger partial charge is 0.103 e. The molecule has 0 spiro atoms. The first-order chi connectivity index (χ1) is 8.29. The van der Waals surface area contributed by atoms with Gasteiger partial charge in [-0.05, 0) is 43.2 Å². The number of nitrogens with two attached hydrogens (primary N) is 1. The topological polar surface area (TPSA) is 51.2 Å². The number of hydrazine groups is 1. The van der Waals surface area contributed by atoms with E-state index in [0.29, 0.717) is 6.04 Å². The first kappa shape index (κ1) is 12.7. The Hall–Kier alpha value is -0.800. The van der Waals surface area contributed by atoms with E-state index in [9.17, 15) is 0 Å². The van der Waals surface area contributed by atoms with Crippen molar-refractivity contribution >= 4 is 0 Å². The molecule has 1 aliphatic carbocycles. The van der Waals surface area contributed by atoms with Gasteiger partial charge >= 0.3 is 0 Å². The second-order valence-corrected chi connectivity index (χ2v) is 5.42. The van der Waals surface area contributed by atoms with Gasteiger partial charge in [0.25, 0.3) is 0 Å². The van der Waals surface area contributed by atoms with E-state index in [1.54, 1.807) is 6.26 Å². The lowest BCUT2D eigenvalue weighted by Crippen LogP contribution is -2.42. The van der Waals surface area contributed by atoms with E-state index in [0.717, 1.165) is 30.4 Å². The van der Waals surface area contributed by atoms with Crippen LogP contribution in [-0.2, 0) is 6.42 Å². The predicted octanol–water partition coefficient (Wildman–Crippen LogP) is 2.87. The van der Waals surface area contributed by atoms with Crippen LogP contribution in [0.1, 0.15) is 44.8 Å². The van der Waals surface area contributed by atoms with Crippen LogP contribution in [0.4, 0.5) is 0 Å². The molecule has 0 bridgehead atoms. The third kappa shape index (κ3) is 3.58. The Labute approximate surface area is 104 Å². The van der Waals surface area contributed by atoms with Crippen LogP contribution in [-0.4, -0.2) is 6.04 Å². The van der Waals surface area contributed by atoms with E-state index in [1.165, 1.54) is 25.7 Å². The minimum Gasteiger partial charge on any atom is -0.469 e. The van der Waals surface area contributed by atoms with Gasteiger partial charge in [0.15, 0.2) is 0 Å². The highest BCUT2D eigenvalue weighted by atomic mass is 16.3. The van der Waals surface area contributed by atoms with Gasteiger partial charge in [-0.2, -0.15) is 0 Å². The molecule has 1 aliphatic rings. The number of nitrogens with one attached hydrogen (secondary N) is 1. The van der Waals surface area contributed by atoms with E-state index in [-0.39, 0.29) is 0 Å². The van der Waals surface area contributed by atoms with Crippen molar-refractivity contribution < 1.29 is 4.42 Å². The van der Waals surface area contributed by atoms with Crippen LogP contribution in [0.3, 0.4) is 0 Å². The second-order valence-electron chi connectivity index (χ2n) is 5.42. The molecule has 1 saturated carbocycles. The molecule has 0 aliphatic heterocycles. The Balaban J connectivity index is 1.83. The third-order valence-electron chi connectivity index (χ3n) is 4.04. The monoisotopic (exact) mass is 236 g/mol. The lowest BCUT2D eigenvalue weighted by Gasteiger charge is -2.32. The van der Waals surface area contributed by atoms with Gasteiger partial charge in [-0.25, -0.2) is 0 Å². The summed E-state index contributed by atoms with van der Waals surface area (Å²) in [6.07, 6.45) is 9.15. The van der Waals surface area contributed by atoms with Crippen molar-refractivity contribution in [1.82, 2.24) is 5.43 Å². The Morgan fingerprint density at radius 3 is 3.06 bits per heavy atom. The molecule has 1 aromatic heterocycles. The van der Waals surface area contributed by atoms with Crippen molar-refractivity contribution in [3.8, 4) is 0 Å². The molecule has 96 valence electrons. The highest BCUT2D eigenvalue weighted by Crippen LogP contribution is 2.31. The minimum absolute atomic E-state index is 0.433. The number of furan rings is 1. The third-order valence-corrected chi connectivity index (χ3v) is 4.04. The van der Waals surface area contributed by atoms with Gasteiger partial charge in [0.2, 0.25) is 0 Å². The molecule has 0 aromatic carbocycles. The minimum atomic E-state index is 0.433. The number of aryl methyl sites for hydroxylation is 1. The fraction of sp³-hybridized carbons (Fsp3) is 0.714. The average Bonchev–Trinajstić information content (AvgIpc) is 2.83. The standard InChI is InChI=1S/C14H24N2O/c1-11-4-2-5-12(10-11)14(16-15)8-7-13-6-3-9-17-13/h3,6,9,11-12,14,16H,2,4-5,7-8,10,15H2,1H3. The van der Waals surface area contributed by atoms with E-state index >= 15 is 0 Å². The van der Waals surface area contributed by atoms with Crippen LogP contribution in [0.2, 0.25) is 0 Å². The molecule has 0 radical (unpaired) electrons. The van der Waals surface area contributed by atoms with Gasteiger partial charge in [0, 0.05) is 12.5 Å². The predicted molar refractivity (Wildman–Crippen MR) is 69.3 cm³/mol. The van der Waals surface area contributed by atoms with Crippen LogP contribution < -0.4 is 11.3 Å². The Bertz CT molecular complexity index is 310. The van der Waals surface area contributed by atoms with Crippen molar-refractivity contribution in [2.24, 2.45) is 17.7 Å². The van der Waals surface area contributed by atoms with E-state index < -0.39 is 0 Å². The molecule has 1 fully saturated rings. The lowest BCUT2D eigenvalue weighted by atomic mass is 9.77. The zero-order chi connectivity index (χ0) is 12.1. The highest BCUT2D eigenvalue weighted by Gasteiger charge is 2.25. The van der Waals surface area contributed by atoms with Gasteiger partial charge in [0.05, 0.1) is 6.26 Å². The molecule has 3 atom stereocenters. The molecular weight excluding hydrogens is 212 g/mol. The fourth-order valence-corrected chi connectivity index (χ4v) is 3.05. The van der Waals surface area contributed by atoms with Gasteiger partial charge < -0.3 is 4.42 Å². The first-order valence-corrected chi connectivity index (χ1v) is 6.78. The molecule has 1 aromatic rings. The van der Waals surface area contributed by atoms with E-state index in [4.69, 9.17) is 10.3 Å². The highest BCUT2D eigenvalue weighted by molar-refractivity contribution is 4.99. The quantitative estimate of drug-likeness (QED) is 0.610. The fourth-order valence-electron chi connectivity index (χ4n) is 3.05. The van der Waals surface area contributed by atoms with Crippen LogP contribution in [0.25, 0.3) is 0 Å². The van der Waals surface area contributed by atoms with Gasteiger partial charge in [-0.1, -0.05) is 19.8 Å². The van der Waals surface area contributed by atoms with E-state index in [2.05, 4.69) is 12.3 Å². The van der Waals surface area contributed by atoms with E-state index in [1.807, 2.05) is 12.1 Å².